The van der Waals surface area contributed by atoms with Crippen molar-refractivity contribution in [3.05, 3.63) is 35.5 Å². The van der Waals surface area contributed by atoms with Gasteiger partial charge in [-0.1, -0.05) is 5.16 Å². The Morgan fingerprint density at radius 2 is 1.97 bits per heavy atom. The van der Waals surface area contributed by atoms with Gasteiger partial charge < -0.3 is 14.2 Å². The van der Waals surface area contributed by atoms with Crippen LogP contribution in [-0.4, -0.2) is 66.9 Å². The molecule has 2 aromatic rings. The van der Waals surface area contributed by atoms with Crippen molar-refractivity contribution < 1.29 is 44.4 Å². The number of likely N-dealkylation sites (tertiary alicyclic amines) is 1. The van der Waals surface area contributed by atoms with Gasteiger partial charge in [-0.25, -0.2) is 17.2 Å². The van der Waals surface area contributed by atoms with Crippen LogP contribution in [0.1, 0.15) is 47.8 Å². The van der Waals surface area contributed by atoms with Crippen LogP contribution in [-0.2, 0) is 15.3 Å². The van der Waals surface area contributed by atoms with Crippen LogP contribution in [0.15, 0.2) is 27.6 Å². The van der Waals surface area contributed by atoms with E-state index in [1.807, 2.05) is 0 Å². The highest BCUT2D eigenvalue weighted by atomic mass is 32.2. The van der Waals surface area contributed by atoms with Crippen molar-refractivity contribution in [1.29, 1.82) is 0 Å². The lowest BCUT2D eigenvalue weighted by Gasteiger charge is -2.24. The van der Waals surface area contributed by atoms with Gasteiger partial charge in [-0.2, -0.15) is 18.2 Å². The molecule has 5 rings (SSSR count). The molecule has 1 amide bonds. The molecule has 3 aliphatic rings. The maximum atomic E-state index is 13.3. The molecular weight excluding hydrogens is 501 g/mol. The molecule has 0 spiro atoms. The van der Waals surface area contributed by atoms with E-state index in [2.05, 4.69) is 10.1 Å². The average molecular weight is 521 g/mol. The van der Waals surface area contributed by atoms with E-state index in [1.165, 1.54) is 4.90 Å². The zero-order chi connectivity index (χ0) is 25.6. The minimum absolute atomic E-state index is 0.0773. The quantitative estimate of drug-likeness (QED) is 0.538. The minimum atomic E-state index is -4.70. The molecule has 2 heterocycles. The second kappa shape index (κ2) is 7.37. The summed E-state index contributed by atoms with van der Waals surface area (Å²) < 4.78 is 99.9. The van der Waals surface area contributed by atoms with E-state index >= 15 is 0 Å². The number of amides is 1. The number of hydrogen-bond acceptors (Lipinski definition) is 7. The van der Waals surface area contributed by atoms with Gasteiger partial charge in [-0.15, -0.1) is 0 Å². The Labute approximate surface area is 196 Å². The molecule has 2 aliphatic carbocycles. The molecule has 35 heavy (non-hydrogen) atoms. The topological polar surface area (TPSA) is 103 Å². The van der Waals surface area contributed by atoms with Crippen LogP contribution >= 0.6 is 0 Å². The van der Waals surface area contributed by atoms with Gasteiger partial charge in [0.25, 0.3) is 11.8 Å². The van der Waals surface area contributed by atoms with Gasteiger partial charge in [0.15, 0.2) is 21.8 Å². The van der Waals surface area contributed by atoms with E-state index in [9.17, 15) is 35.2 Å². The summed E-state index contributed by atoms with van der Waals surface area (Å²) in [4.78, 5) is 18.6. The molecule has 2 saturated carbocycles. The van der Waals surface area contributed by atoms with Gasteiger partial charge in [0.2, 0.25) is 5.89 Å². The van der Waals surface area contributed by atoms with Crippen molar-refractivity contribution >= 4 is 15.7 Å². The maximum absolute atomic E-state index is 13.3. The number of nitrogens with zero attached hydrogens (tertiary/aromatic N) is 3. The molecule has 0 bridgehead atoms. The first kappa shape index (κ1) is 23.9. The Hall–Kier alpha value is -2.77. The summed E-state index contributed by atoms with van der Waals surface area (Å²) in [6.07, 6.45) is -5.81. The van der Waals surface area contributed by atoms with E-state index < -0.39 is 51.0 Å². The van der Waals surface area contributed by atoms with Gasteiger partial charge in [0.1, 0.15) is 11.7 Å². The molecule has 8 nitrogen and oxygen atoms in total. The second-order valence-electron chi connectivity index (χ2n) is 9.45. The van der Waals surface area contributed by atoms with Crippen LogP contribution in [0, 0.1) is 5.92 Å². The molecule has 3 fully saturated rings. The van der Waals surface area contributed by atoms with Crippen LogP contribution in [0.3, 0.4) is 0 Å². The van der Waals surface area contributed by atoms with Crippen molar-refractivity contribution in [2.24, 2.45) is 5.92 Å². The predicted molar refractivity (Wildman–Crippen MR) is 108 cm³/mol. The fourth-order valence-corrected chi connectivity index (χ4v) is 5.13. The van der Waals surface area contributed by atoms with Crippen molar-refractivity contribution in [3.63, 3.8) is 0 Å². The summed E-state index contributed by atoms with van der Waals surface area (Å²) in [5.74, 6) is -5.16. The van der Waals surface area contributed by atoms with Gasteiger partial charge in [0.05, 0.1) is 15.9 Å². The molecule has 1 aromatic carbocycles. The molecular formula is C21H20F5N3O5S. The number of ether oxygens (including phenoxy) is 1. The molecule has 1 aliphatic heterocycles. The van der Waals surface area contributed by atoms with Crippen molar-refractivity contribution in [3.8, 4) is 5.75 Å². The number of alkyl halides is 5. The number of carbonyl (C=O) groups excluding carboxylic acids is 1. The highest BCUT2D eigenvalue weighted by Gasteiger charge is 2.66. The number of piperidine rings is 1. The highest BCUT2D eigenvalue weighted by molar-refractivity contribution is 7.90. The van der Waals surface area contributed by atoms with Crippen molar-refractivity contribution in [2.75, 3.05) is 19.3 Å². The van der Waals surface area contributed by atoms with Gasteiger partial charge in [-0.3, -0.25) is 4.79 Å². The Kier molecular flexibility index (Phi) is 5.04. The first-order valence-corrected chi connectivity index (χ1v) is 12.6. The number of carbonyl (C=O) groups is 1. The van der Waals surface area contributed by atoms with Gasteiger partial charge >= 0.3 is 6.18 Å². The Morgan fingerprint density at radius 1 is 1.29 bits per heavy atom. The van der Waals surface area contributed by atoms with E-state index in [-0.39, 0.29) is 47.6 Å². The SMILES string of the molecule is C[C@H](Oc1ccc(S(C)(=O)=O)cc1C(=O)N1CC2CC2(c2noc(C3CC3(F)F)n2)C1)C(F)(F)F. The minimum Gasteiger partial charge on any atom is -0.480 e. The van der Waals surface area contributed by atoms with Crippen molar-refractivity contribution in [1.82, 2.24) is 15.0 Å². The fourth-order valence-electron chi connectivity index (χ4n) is 4.48. The molecule has 0 N–H and O–H groups in total. The summed E-state index contributed by atoms with van der Waals surface area (Å²) >= 11 is 0. The lowest BCUT2D eigenvalue weighted by molar-refractivity contribution is -0.189. The molecule has 1 aromatic heterocycles. The number of benzene rings is 1. The molecule has 3 unspecified atom stereocenters. The zero-order valence-corrected chi connectivity index (χ0v) is 19.3. The van der Waals surface area contributed by atoms with Crippen molar-refractivity contribution in [2.45, 2.75) is 54.2 Å². The van der Waals surface area contributed by atoms with E-state index in [4.69, 9.17) is 9.26 Å². The van der Waals surface area contributed by atoms with Gasteiger partial charge in [0, 0.05) is 25.8 Å². The fraction of sp³-hybridized carbons (Fsp3) is 0.571. The number of sulfone groups is 1. The Morgan fingerprint density at radius 3 is 2.57 bits per heavy atom. The van der Waals surface area contributed by atoms with Crippen LogP contribution in [0.4, 0.5) is 22.0 Å². The summed E-state index contributed by atoms with van der Waals surface area (Å²) in [7, 11) is -3.76. The Bertz CT molecular complexity index is 1310. The number of hydrogen-bond donors (Lipinski definition) is 0. The summed E-state index contributed by atoms with van der Waals surface area (Å²) in [5.41, 5.74) is -1.03. The summed E-state index contributed by atoms with van der Waals surface area (Å²) in [5, 5.41) is 3.85. The molecule has 1 saturated heterocycles. The van der Waals surface area contributed by atoms with E-state index in [0.29, 0.717) is 6.42 Å². The van der Waals surface area contributed by atoms with Gasteiger partial charge in [-0.05, 0) is 37.5 Å². The molecule has 4 atom stereocenters. The average Bonchev–Trinajstić information content (AvgIpc) is 3.43. The third-order valence-electron chi connectivity index (χ3n) is 6.82. The first-order valence-electron chi connectivity index (χ1n) is 10.7. The molecule has 190 valence electrons. The van der Waals surface area contributed by atoms with Crippen LogP contribution in [0.5, 0.6) is 5.75 Å². The monoisotopic (exact) mass is 521 g/mol. The zero-order valence-electron chi connectivity index (χ0n) is 18.5. The first-order chi connectivity index (χ1) is 16.1. The van der Waals surface area contributed by atoms with Crippen LogP contribution < -0.4 is 4.74 Å². The lowest BCUT2D eigenvalue weighted by atomic mass is 10.1. The third kappa shape index (κ3) is 4.15. The number of fused-ring (bicyclic) bond motifs is 1. The number of aromatic nitrogens is 2. The highest BCUT2D eigenvalue weighted by Crippen LogP contribution is 2.60. The standard InChI is InChI=1S/C21H20F5N3O5S/c1-10(21(24,25)26)33-15-4-3-12(35(2,31)32)5-13(15)17(30)29-8-11-6-19(11,9-29)18-27-16(34-28-18)14-7-20(14,22)23/h3-5,10-11,14H,6-9H2,1-2H3/t10-,11?,14?,19?/m0/s1. The predicted octanol–water partition coefficient (Wildman–Crippen LogP) is 3.34. The van der Waals surface area contributed by atoms with Crippen LogP contribution in [0.2, 0.25) is 0 Å². The number of halogens is 5. The molecule has 0 radical (unpaired) electrons. The smallest absolute Gasteiger partial charge is 0.425 e. The van der Waals surface area contributed by atoms with E-state index in [1.54, 1.807) is 0 Å². The largest absolute Gasteiger partial charge is 0.480 e. The summed E-state index contributed by atoms with van der Waals surface area (Å²) in [6.45, 7) is 1.06. The third-order valence-corrected chi connectivity index (χ3v) is 7.93. The second-order valence-corrected chi connectivity index (χ2v) is 11.5. The van der Waals surface area contributed by atoms with E-state index in [0.717, 1.165) is 31.4 Å². The normalized spacial score (nSPS) is 27.9. The Balaban J connectivity index is 1.40. The number of rotatable bonds is 6. The van der Waals surface area contributed by atoms with Crippen LogP contribution in [0.25, 0.3) is 0 Å². The lowest BCUT2D eigenvalue weighted by Crippen LogP contribution is -2.35. The summed E-state index contributed by atoms with van der Waals surface area (Å²) in [6, 6.07) is 3.09. The maximum Gasteiger partial charge on any atom is 0.425 e. The molecule has 14 heteroatoms.